The van der Waals surface area contributed by atoms with E-state index in [1.807, 2.05) is 25.8 Å². The van der Waals surface area contributed by atoms with Crippen molar-refractivity contribution in [1.29, 1.82) is 0 Å². The van der Waals surface area contributed by atoms with Crippen molar-refractivity contribution in [1.82, 2.24) is 55.4 Å². The molecule has 1 aromatic heterocycles. The highest BCUT2D eigenvalue weighted by Crippen LogP contribution is 2.27. The zero-order valence-corrected chi connectivity index (χ0v) is 53.6. The molecule has 1 atom stereocenters. The molecule has 3 heterocycles. The number of aliphatic imine (C=N–C) groups is 1. The molecule has 26 nitrogen and oxygen atoms in total. The van der Waals surface area contributed by atoms with Crippen molar-refractivity contribution in [2.75, 3.05) is 118 Å². The number of amides is 3. The predicted octanol–water partition coefficient (Wildman–Crippen LogP) is 2.62. The molecular formula is C60H94N12O14S. The van der Waals surface area contributed by atoms with Crippen molar-refractivity contribution < 1.29 is 66.0 Å². The number of aromatic nitrogens is 2. The van der Waals surface area contributed by atoms with E-state index in [0.29, 0.717) is 88.5 Å². The number of benzene rings is 2. The second-order valence-electron chi connectivity index (χ2n) is 25.0. The maximum absolute atomic E-state index is 13.7. The molecule has 27 heteroatoms. The maximum atomic E-state index is 13.7. The third kappa shape index (κ3) is 26.6. The summed E-state index contributed by atoms with van der Waals surface area (Å²) in [5, 5.41) is 26.9. The number of amidine groups is 1. The molecule has 3 aromatic rings. The van der Waals surface area contributed by atoms with Gasteiger partial charge in [0, 0.05) is 115 Å². The molecule has 1 fully saturated rings. The quantitative estimate of drug-likeness (QED) is 0.0382. The summed E-state index contributed by atoms with van der Waals surface area (Å²) < 4.78 is 54.2. The van der Waals surface area contributed by atoms with Gasteiger partial charge in [0.2, 0.25) is 21.8 Å². The van der Waals surface area contributed by atoms with Crippen molar-refractivity contribution >= 4 is 68.4 Å². The van der Waals surface area contributed by atoms with Crippen LogP contribution in [-0.2, 0) is 59.5 Å². The Morgan fingerprint density at radius 2 is 1.16 bits per heavy atom. The number of carboxylic acid groups (broad SMARTS) is 1. The molecule has 0 radical (unpaired) electrons. The molecular weight excluding hydrogens is 1140 g/mol. The molecule has 2 aromatic carbocycles. The molecule has 6 N–H and O–H groups in total. The number of fused-ring (bicyclic) bond motifs is 1. The van der Waals surface area contributed by atoms with Crippen LogP contribution < -0.4 is 30.7 Å². The first-order valence-corrected chi connectivity index (χ1v) is 31.4. The van der Waals surface area contributed by atoms with Crippen LogP contribution in [0, 0.1) is 13.8 Å². The van der Waals surface area contributed by atoms with E-state index in [-0.39, 0.29) is 85.7 Å². The van der Waals surface area contributed by atoms with Gasteiger partial charge in [-0.05, 0) is 137 Å². The summed E-state index contributed by atoms with van der Waals surface area (Å²) in [7, 11) is -4.42. The van der Waals surface area contributed by atoms with Gasteiger partial charge in [0.25, 0.3) is 5.91 Å². The van der Waals surface area contributed by atoms with Gasteiger partial charge in [-0.1, -0.05) is 0 Å². The monoisotopic (exact) mass is 1240 g/mol. The third-order valence-corrected chi connectivity index (χ3v) is 15.4. The Hall–Kier alpha value is -6.78. The Labute approximate surface area is 512 Å². The molecule has 2 aliphatic rings. The van der Waals surface area contributed by atoms with Gasteiger partial charge in [0.15, 0.2) is 0 Å². The van der Waals surface area contributed by atoms with Gasteiger partial charge in [-0.25, -0.2) is 8.42 Å². The van der Waals surface area contributed by atoms with Crippen LogP contribution in [0.25, 0.3) is 10.9 Å². The average Bonchev–Trinajstić information content (AvgIpc) is 1.40. The second-order valence-corrected chi connectivity index (χ2v) is 26.7. The Kier molecular flexibility index (Phi) is 26.9. The van der Waals surface area contributed by atoms with E-state index in [4.69, 9.17) is 18.9 Å². The number of hydrogen-bond acceptors (Lipinski definition) is 20. The Balaban J connectivity index is 1.08. The number of nitrogens with zero attached hydrogens (tertiary/aromatic N) is 7. The Morgan fingerprint density at radius 1 is 0.655 bits per heavy atom. The van der Waals surface area contributed by atoms with Gasteiger partial charge in [-0.3, -0.25) is 62.8 Å². The molecule has 1 saturated heterocycles. The summed E-state index contributed by atoms with van der Waals surface area (Å²) in [6, 6.07) is 6.21. The molecule has 0 spiro atoms. The largest absolute Gasteiger partial charge is 0.494 e. The zero-order valence-electron chi connectivity index (χ0n) is 52.8. The number of rotatable bonds is 26. The number of carbonyl (C=O) groups is 7. The van der Waals surface area contributed by atoms with Crippen LogP contribution in [0.3, 0.4) is 0 Å². The molecule has 87 heavy (non-hydrogen) atoms. The first kappa shape index (κ1) is 71.0. The van der Waals surface area contributed by atoms with Crippen LogP contribution in [-0.4, -0.2) is 231 Å². The molecule has 0 unspecified atom stereocenters. The third-order valence-electron chi connectivity index (χ3n) is 13.6. The number of carboxylic acids is 1. The molecule has 2 aliphatic heterocycles. The molecule has 0 bridgehead atoms. The van der Waals surface area contributed by atoms with E-state index in [2.05, 4.69) is 36.1 Å². The van der Waals surface area contributed by atoms with Gasteiger partial charge in [-0.15, -0.1) is 0 Å². The van der Waals surface area contributed by atoms with E-state index in [1.165, 1.54) is 12.1 Å². The van der Waals surface area contributed by atoms with Crippen molar-refractivity contribution in [3.05, 3.63) is 53.2 Å². The Bertz CT molecular complexity index is 2920. The number of ether oxygens (including phenoxy) is 4. The summed E-state index contributed by atoms with van der Waals surface area (Å²) in [5.41, 5.74) is -0.600. The molecule has 5 rings (SSSR count). The number of aryl methyl sites for hydroxylation is 2. The van der Waals surface area contributed by atoms with Crippen molar-refractivity contribution in [2.24, 2.45) is 4.99 Å². The van der Waals surface area contributed by atoms with Crippen LogP contribution in [0.4, 0.5) is 0 Å². The lowest BCUT2D eigenvalue weighted by atomic mass is 10.1. The van der Waals surface area contributed by atoms with Crippen LogP contribution in [0.1, 0.15) is 116 Å². The highest BCUT2D eigenvalue weighted by Gasteiger charge is 2.30. The van der Waals surface area contributed by atoms with Crippen LogP contribution in [0.2, 0.25) is 0 Å². The lowest BCUT2D eigenvalue weighted by Gasteiger charge is -2.34. The summed E-state index contributed by atoms with van der Waals surface area (Å²) >= 11 is 0. The fourth-order valence-electron chi connectivity index (χ4n) is 9.68. The summed E-state index contributed by atoms with van der Waals surface area (Å²) in [6.07, 6.45) is 5.35. The number of carbonyl (C=O) groups excluding carboxylic acids is 6. The van der Waals surface area contributed by atoms with E-state index >= 15 is 0 Å². The lowest BCUT2D eigenvalue weighted by molar-refractivity contribution is -0.158. The van der Waals surface area contributed by atoms with Gasteiger partial charge in [-0.2, -0.15) is 9.82 Å². The zero-order chi connectivity index (χ0) is 64.1. The standard InChI is InChI=1S/C60H94N12O14S/c1-42-33-46(34-43(2)55(42)87(81,82)67-48(57(79)80)36-65-56(78)44-17-18-47-45(35-44)37-72(66-47)23-22-62-49-15-12-13-19-61-49)83-32-14-16-50(73)63-20-21-64-51(74)38-68-24-26-69(39-52(75)84-58(3,4)5)28-30-71(41-54(77)86-60(9,10)11)31-29-70(27-25-68)40-53(76)85-59(6,7)8/h17-18,33-35,37,48,67H,12-16,19-32,36,38-41H2,1-11H3,(H,61,62)(H,63,73)(H,64,74)(H,65,78)(H,79,80)/t48-/m0/s1. The van der Waals surface area contributed by atoms with E-state index < -0.39 is 69.2 Å². The summed E-state index contributed by atoms with van der Waals surface area (Å²) in [6.45, 7) is 24.3. The molecule has 484 valence electrons. The van der Waals surface area contributed by atoms with Crippen molar-refractivity contribution in [3.8, 4) is 5.75 Å². The van der Waals surface area contributed by atoms with E-state index in [0.717, 1.165) is 31.6 Å². The minimum Gasteiger partial charge on any atom is -0.494 e. The fraction of sp³-hybridized carbons (Fsp3) is 0.650. The first-order chi connectivity index (χ1) is 40.8. The average molecular weight is 1240 g/mol. The predicted molar refractivity (Wildman–Crippen MR) is 328 cm³/mol. The minimum absolute atomic E-state index is 0.00442. The lowest BCUT2D eigenvalue weighted by Crippen LogP contribution is -2.50. The molecule has 3 amide bonds. The highest BCUT2D eigenvalue weighted by atomic mass is 32.2. The van der Waals surface area contributed by atoms with Gasteiger partial charge in [0.05, 0.1) is 55.6 Å². The van der Waals surface area contributed by atoms with Crippen molar-refractivity contribution in [3.63, 3.8) is 0 Å². The number of hydrogen-bond donors (Lipinski definition) is 6. The second kappa shape index (κ2) is 33.0. The topological polar surface area (TPSA) is 314 Å². The van der Waals surface area contributed by atoms with Crippen molar-refractivity contribution in [2.45, 2.75) is 143 Å². The number of esters is 3. The summed E-state index contributed by atoms with van der Waals surface area (Å²) in [4.78, 5) is 103. The normalized spacial score (nSPS) is 16.1. The fourth-order valence-corrected chi connectivity index (χ4v) is 11.3. The van der Waals surface area contributed by atoms with Crippen LogP contribution in [0.5, 0.6) is 5.75 Å². The van der Waals surface area contributed by atoms with Gasteiger partial charge < -0.3 is 45.3 Å². The van der Waals surface area contributed by atoms with Crippen LogP contribution >= 0.6 is 0 Å². The van der Waals surface area contributed by atoms with Gasteiger partial charge in [0.1, 0.15) is 28.6 Å². The SMILES string of the molecule is Cc1cc(OCCCC(=O)NCCNC(=O)CN2CCN(CC(=O)OC(C)(C)C)CCN(CC(=O)OC(C)(C)C)CCN(CC(=O)OC(C)(C)C)CC2)cc(C)c1S(=O)(=O)N[C@@H](CNC(=O)c1ccc2nn(CCNC3=NCCCC3)cc2c1)C(=O)O. The number of sulfonamides is 1. The minimum atomic E-state index is -4.42. The molecule has 0 saturated carbocycles. The van der Waals surface area contributed by atoms with E-state index in [9.17, 15) is 47.1 Å². The molecule has 0 aliphatic carbocycles. The van der Waals surface area contributed by atoms with E-state index in [1.54, 1.807) is 99.0 Å². The first-order valence-electron chi connectivity index (χ1n) is 29.9. The number of aliphatic carboxylic acids is 1. The smallest absolute Gasteiger partial charge is 0.323 e. The highest BCUT2D eigenvalue weighted by molar-refractivity contribution is 7.89. The summed E-state index contributed by atoms with van der Waals surface area (Å²) in [5.74, 6) is -2.53. The number of nitrogens with one attached hydrogen (secondary N) is 5. The Morgan fingerprint density at radius 3 is 1.64 bits per heavy atom. The maximum Gasteiger partial charge on any atom is 0.323 e. The van der Waals surface area contributed by atoms with Crippen LogP contribution in [0.15, 0.2) is 46.4 Å². The van der Waals surface area contributed by atoms with Gasteiger partial charge >= 0.3 is 23.9 Å².